The summed E-state index contributed by atoms with van der Waals surface area (Å²) < 4.78 is 13.3. The minimum absolute atomic E-state index is 0.0576. The molecule has 4 nitrogen and oxygen atoms in total. The van der Waals surface area contributed by atoms with Gasteiger partial charge >= 0.3 is 0 Å². The Balaban J connectivity index is 2.04. The summed E-state index contributed by atoms with van der Waals surface area (Å²) in [5.41, 5.74) is 1.05. The fourth-order valence-corrected chi connectivity index (χ4v) is 3.27. The number of hydrogen-bond acceptors (Lipinski definition) is 4. The number of Topliss-reactive ketones (excluding diaryl/α,β-unsaturated/α-hetero) is 1. The number of nitro groups is 1. The first-order chi connectivity index (χ1) is 10.6. The molecular weight excluding hydrogens is 305 g/mol. The fourth-order valence-electron chi connectivity index (χ4n) is 2.27. The van der Waals surface area contributed by atoms with Crippen LogP contribution in [0.2, 0.25) is 0 Å². The minimum atomic E-state index is -0.486. The second kappa shape index (κ2) is 5.73. The van der Waals surface area contributed by atoms with E-state index in [1.807, 2.05) is 0 Å². The molecule has 0 saturated heterocycles. The monoisotopic (exact) mass is 315 g/mol. The van der Waals surface area contributed by atoms with Gasteiger partial charge in [0.25, 0.3) is 5.69 Å². The lowest BCUT2D eigenvalue weighted by Gasteiger charge is -2.16. The fraction of sp³-hybridized carbons (Fsp3) is 0.0625. The molecule has 0 bridgehead atoms. The number of ketones is 1. The third kappa shape index (κ3) is 2.65. The summed E-state index contributed by atoms with van der Waals surface area (Å²) in [5.74, 6) is -0.352. The average Bonchev–Trinajstić information content (AvgIpc) is 2.51. The SMILES string of the molecule is O=C1C(=Cc2ccccc2[N+](=O)[O-])CSc2ccc(F)cc21. The minimum Gasteiger partial charge on any atom is -0.289 e. The molecule has 0 saturated carbocycles. The summed E-state index contributed by atoms with van der Waals surface area (Å²) in [7, 11) is 0. The summed E-state index contributed by atoms with van der Waals surface area (Å²) in [6, 6.07) is 10.3. The van der Waals surface area contributed by atoms with Crippen molar-refractivity contribution < 1.29 is 14.1 Å². The van der Waals surface area contributed by atoms with Gasteiger partial charge in [0.15, 0.2) is 5.78 Å². The average molecular weight is 315 g/mol. The van der Waals surface area contributed by atoms with Crippen molar-refractivity contribution in [3.05, 3.63) is 75.1 Å². The van der Waals surface area contributed by atoms with Crippen LogP contribution in [0.5, 0.6) is 0 Å². The van der Waals surface area contributed by atoms with Gasteiger partial charge in [0.1, 0.15) is 5.82 Å². The number of carbonyl (C=O) groups is 1. The maximum Gasteiger partial charge on any atom is 0.276 e. The third-order valence-corrected chi connectivity index (χ3v) is 4.45. The lowest BCUT2D eigenvalue weighted by molar-refractivity contribution is -0.385. The maximum atomic E-state index is 13.3. The molecule has 0 amide bonds. The summed E-state index contributed by atoms with van der Waals surface area (Å²) in [6.07, 6.45) is 1.52. The topological polar surface area (TPSA) is 60.2 Å². The van der Waals surface area contributed by atoms with Crippen molar-refractivity contribution in [1.29, 1.82) is 0 Å². The zero-order chi connectivity index (χ0) is 15.7. The van der Waals surface area contributed by atoms with Gasteiger partial charge in [-0.3, -0.25) is 14.9 Å². The van der Waals surface area contributed by atoms with Crippen molar-refractivity contribution in [2.45, 2.75) is 4.90 Å². The predicted molar refractivity (Wildman–Crippen MR) is 82.5 cm³/mol. The van der Waals surface area contributed by atoms with Crippen LogP contribution in [-0.2, 0) is 0 Å². The molecule has 0 N–H and O–H groups in total. The van der Waals surface area contributed by atoms with E-state index in [9.17, 15) is 19.3 Å². The highest BCUT2D eigenvalue weighted by Gasteiger charge is 2.24. The van der Waals surface area contributed by atoms with Gasteiger partial charge in [-0.05, 0) is 30.3 Å². The van der Waals surface area contributed by atoms with Crippen LogP contribution in [0.3, 0.4) is 0 Å². The van der Waals surface area contributed by atoms with Gasteiger partial charge < -0.3 is 0 Å². The summed E-state index contributed by atoms with van der Waals surface area (Å²) >= 11 is 1.42. The zero-order valence-electron chi connectivity index (χ0n) is 11.3. The van der Waals surface area contributed by atoms with E-state index in [0.29, 0.717) is 22.5 Å². The summed E-state index contributed by atoms with van der Waals surface area (Å²) in [5, 5.41) is 11.0. The molecule has 0 atom stereocenters. The van der Waals surface area contributed by atoms with Gasteiger partial charge in [0.2, 0.25) is 0 Å². The molecule has 0 spiro atoms. The molecule has 1 aliphatic heterocycles. The van der Waals surface area contributed by atoms with Crippen LogP contribution in [0.4, 0.5) is 10.1 Å². The number of rotatable bonds is 2. The lowest BCUT2D eigenvalue weighted by Crippen LogP contribution is -2.12. The van der Waals surface area contributed by atoms with Crippen LogP contribution in [0.25, 0.3) is 6.08 Å². The Kier molecular flexibility index (Phi) is 3.77. The molecule has 1 heterocycles. The standard InChI is InChI=1S/C16H10FNO3S/c17-12-5-6-15-13(8-12)16(19)11(9-22-15)7-10-3-1-2-4-14(10)18(20)21/h1-8H,9H2. The highest BCUT2D eigenvalue weighted by atomic mass is 32.2. The van der Waals surface area contributed by atoms with Crippen LogP contribution < -0.4 is 0 Å². The van der Waals surface area contributed by atoms with Crippen molar-refractivity contribution in [3.8, 4) is 0 Å². The van der Waals surface area contributed by atoms with Crippen LogP contribution in [0, 0.1) is 15.9 Å². The quantitative estimate of drug-likeness (QED) is 0.475. The van der Waals surface area contributed by atoms with E-state index in [4.69, 9.17) is 0 Å². The first kappa shape index (κ1) is 14.5. The van der Waals surface area contributed by atoms with Gasteiger partial charge in [-0.1, -0.05) is 12.1 Å². The largest absolute Gasteiger partial charge is 0.289 e. The molecule has 0 aliphatic carbocycles. The number of benzene rings is 2. The first-order valence-electron chi connectivity index (χ1n) is 6.47. The van der Waals surface area contributed by atoms with Crippen LogP contribution in [0.15, 0.2) is 52.9 Å². The summed E-state index contributed by atoms with van der Waals surface area (Å²) in [6.45, 7) is 0. The number of nitrogens with zero attached hydrogens (tertiary/aromatic N) is 1. The normalized spacial score (nSPS) is 15.7. The Morgan fingerprint density at radius 1 is 1.23 bits per heavy atom. The van der Waals surface area contributed by atoms with Crippen molar-refractivity contribution in [2.24, 2.45) is 0 Å². The smallest absolute Gasteiger partial charge is 0.276 e. The van der Waals surface area contributed by atoms with Crippen LogP contribution in [-0.4, -0.2) is 16.5 Å². The van der Waals surface area contributed by atoms with Crippen molar-refractivity contribution in [1.82, 2.24) is 0 Å². The molecule has 0 fully saturated rings. The van der Waals surface area contributed by atoms with E-state index < -0.39 is 10.7 Å². The summed E-state index contributed by atoms with van der Waals surface area (Å²) in [4.78, 5) is 23.7. The molecule has 0 aromatic heterocycles. The van der Waals surface area contributed by atoms with Gasteiger partial charge in [-0.25, -0.2) is 4.39 Å². The Morgan fingerprint density at radius 2 is 2.00 bits per heavy atom. The van der Waals surface area contributed by atoms with Crippen molar-refractivity contribution >= 4 is 29.3 Å². The van der Waals surface area contributed by atoms with Crippen LogP contribution >= 0.6 is 11.8 Å². The Hall–Kier alpha value is -2.47. The molecule has 1 aliphatic rings. The van der Waals surface area contributed by atoms with Gasteiger partial charge in [0.05, 0.1) is 10.5 Å². The van der Waals surface area contributed by atoms with E-state index in [0.717, 1.165) is 4.90 Å². The van der Waals surface area contributed by atoms with E-state index in [-0.39, 0.29) is 11.5 Å². The predicted octanol–water partition coefficient (Wildman–Crippen LogP) is 4.11. The Bertz CT molecular complexity index is 817. The first-order valence-corrected chi connectivity index (χ1v) is 7.46. The zero-order valence-corrected chi connectivity index (χ0v) is 12.1. The van der Waals surface area contributed by atoms with Crippen LogP contribution in [0.1, 0.15) is 15.9 Å². The second-order valence-corrected chi connectivity index (χ2v) is 5.76. The van der Waals surface area contributed by atoms with E-state index in [2.05, 4.69) is 0 Å². The molecule has 6 heteroatoms. The van der Waals surface area contributed by atoms with Crippen molar-refractivity contribution in [3.63, 3.8) is 0 Å². The second-order valence-electron chi connectivity index (χ2n) is 4.74. The van der Waals surface area contributed by atoms with E-state index in [1.54, 1.807) is 24.3 Å². The molecule has 0 radical (unpaired) electrons. The Labute approximate surface area is 129 Å². The number of thioether (sulfide) groups is 1. The molecule has 2 aromatic rings. The number of carbonyl (C=O) groups excluding carboxylic acids is 1. The number of fused-ring (bicyclic) bond motifs is 1. The number of hydrogen-bond donors (Lipinski definition) is 0. The number of nitro benzene ring substituents is 1. The van der Waals surface area contributed by atoms with Gasteiger partial charge in [0, 0.05) is 27.9 Å². The molecule has 22 heavy (non-hydrogen) atoms. The van der Waals surface area contributed by atoms with E-state index >= 15 is 0 Å². The molecular formula is C16H10FNO3S. The highest BCUT2D eigenvalue weighted by molar-refractivity contribution is 7.99. The molecule has 3 rings (SSSR count). The molecule has 110 valence electrons. The third-order valence-electron chi connectivity index (χ3n) is 3.32. The van der Waals surface area contributed by atoms with Gasteiger partial charge in [-0.15, -0.1) is 11.8 Å². The number of para-hydroxylation sites is 1. The Morgan fingerprint density at radius 3 is 2.77 bits per heavy atom. The van der Waals surface area contributed by atoms with E-state index in [1.165, 1.54) is 36.0 Å². The lowest BCUT2D eigenvalue weighted by atomic mass is 10.0. The van der Waals surface area contributed by atoms with Crippen molar-refractivity contribution in [2.75, 3.05) is 5.75 Å². The maximum absolute atomic E-state index is 13.3. The number of halogens is 1. The van der Waals surface area contributed by atoms with Gasteiger partial charge in [-0.2, -0.15) is 0 Å². The highest BCUT2D eigenvalue weighted by Crippen LogP contribution is 2.34. The molecule has 2 aromatic carbocycles. The molecule has 0 unspecified atom stereocenters.